The summed E-state index contributed by atoms with van der Waals surface area (Å²) in [6.07, 6.45) is -0.579. The molecule has 0 aromatic heterocycles. The molecule has 2 atom stereocenters. The topological polar surface area (TPSA) is 102 Å². The standard InChI is InChI=1S/C26H25F2NO6S/c1-4-15-5-9-18(10-6-15)36(32,33)29-23-19-13-16(7-11-21(19)35-26(2,3)24(23)30)25(31)34-22-12-8-17(27)14-20(22)28/h5-14,23-24,29-30H,4H2,1-3H3/t23-,24+/m1/s1. The maximum Gasteiger partial charge on any atom is 0.343 e. The van der Waals surface area contributed by atoms with Gasteiger partial charge in [0.25, 0.3) is 0 Å². The first-order valence-corrected chi connectivity index (χ1v) is 12.7. The van der Waals surface area contributed by atoms with E-state index in [1.54, 1.807) is 26.0 Å². The van der Waals surface area contributed by atoms with Gasteiger partial charge in [-0.15, -0.1) is 0 Å². The number of fused-ring (bicyclic) bond motifs is 1. The molecule has 0 saturated heterocycles. The lowest BCUT2D eigenvalue weighted by Crippen LogP contribution is -2.53. The first kappa shape index (κ1) is 25.7. The van der Waals surface area contributed by atoms with Gasteiger partial charge in [-0.1, -0.05) is 19.1 Å². The molecule has 0 fully saturated rings. The van der Waals surface area contributed by atoms with Gasteiger partial charge >= 0.3 is 5.97 Å². The number of benzene rings is 3. The Hall–Kier alpha value is -3.34. The van der Waals surface area contributed by atoms with E-state index in [1.165, 1.54) is 30.3 Å². The molecule has 0 unspecified atom stereocenters. The number of aliphatic hydroxyl groups excluding tert-OH is 1. The third-order valence-corrected chi connectivity index (χ3v) is 7.46. The number of rotatable bonds is 6. The van der Waals surface area contributed by atoms with Crippen LogP contribution in [0.5, 0.6) is 11.5 Å². The first-order valence-electron chi connectivity index (χ1n) is 11.2. The van der Waals surface area contributed by atoms with Crippen LogP contribution in [-0.4, -0.2) is 31.2 Å². The van der Waals surface area contributed by atoms with Crippen molar-refractivity contribution in [2.24, 2.45) is 0 Å². The van der Waals surface area contributed by atoms with Crippen LogP contribution in [0.4, 0.5) is 8.78 Å². The zero-order valence-electron chi connectivity index (χ0n) is 19.8. The maximum absolute atomic E-state index is 13.9. The van der Waals surface area contributed by atoms with Gasteiger partial charge in [0.15, 0.2) is 11.6 Å². The Morgan fingerprint density at radius 1 is 1.08 bits per heavy atom. The van der Waals surface area contributed by atoms with Crippen LogP contribution in [0.2, 0.25) is 0 Å². The molecule has 0 bridgehead atoms. The molecule has 0 radical (unpaired) electrons. The van der Waals surface area contributed by atoms with Crippen molar-refractivity contribution in [3.63, 3.8) is 0 Å². The highest BCUT2D eigenvalue weighted by Crippen LogP contribution is 2.41. The monoisotopic (exact) mass is 517 g/mol. The smallest absolute Gasteiger partial charge is 0.343 e. The van der Waals surface area contributed by atoms with Crippen molar-refractivity contribution < 1.29 is 36.6 Å². The molecule has 0 saturated carbocycles. The maximum atomic E-state index is 13.9. The zero-order valence-corrected chi connectivity index (χ0v) is 20.6. The van der Waals surface area contributed by atoms with E-state index >= 15 is 0 Å². The van der Waals surface area contributed by atoms with E-state index in [1.807, 2.05) is 6.92 Å². The second-order valence-corrected chi connectivity index (χ2v) is 10.7. The fourth-order valence-electron chi connectivity index (χ4n) is 3.91. The van der Waals surface area contributed by atoms with Gasteiger partial charge in [-0.2, -0.15) is 0 Å². The molecule has 7 nitrogen and oxygen atoms in total. The predicted octanol–water partition coefficient (Wildman–Crippen LogP) is 4.30. The van der Waals surface area contributed by atoms with Gasteiger partial charge < -0.3 is 14.6 Å². The lowest BCUT2D eigenvalue weighted by atomic mass is 9.86. The highest BCUT2D eigenvalue weighted by Gasteiger charge is 2.45. The summed E-state index contributed by atoms with van der Waals surface area (Å²) in [7, 11) is -4.07. The normalized spacial score (nSPS) is 18.7. The van der Waals surface area contributed by atoms with E-state index in [0.29, 0.717) is 6.07 Å². The minimum Gasteiger partial charge on any atom is -0.485 e. The molecule has 3 aromatic rings. The van der Waals surface area contributed by atoms with Gasteiger partial charge in [-0.3, -0.25) is 0 Å². The number of carbonyl (C=O) groups excluding carboxylic acids is 1. The number of nitrogens with one attached hydrogen (secondary N) is 1. The van der Waals surface area contributed by atoms with Crippen molar-refractivity contribution in [2.45, 2.75) is 49.8 Å². The predicted molar refractivity (Wildman–Crippen MR) is 127 cm³/mol. The van der Waals surface area contributed by atoms with Crippen molar-refractivity contribution in [1.82, 2.24) is 4.72 Å². The average Bonchev–Trinajstić information content (AvgIpc) is 2.83. The Bertz CT molecular complexity index is 1410. The molecule has 36 heavy (non-hydrogen) atoms. The van der Waals surface area contributed by atoms with E-state index < -0.39 is 51.1 Å². The fraction of sp³-hybridized carbons (Fsp3) is 0.269. The number of carbonyl (C=O) groups is 1. The van der Waals surface area contributed by atoms with Gasteiger partial charge in [-0.25, -0.2) is 26.7 Å². The molecule has 1 aliphatic rings. The summed E-state index contributed by atoms with van der Waals surface area (Å²) < 4.78 is 66.9. The quantitative estimate of drug-likeness (QED) is 0.374. The molecule has 3 aromatic carbocycles. The van der Waals surface area contributed by atoms with Gasteiger partial charge in [-0.05, 0) is 68.3 Å². The van der Waals surface area contributed by atoms with Crippen molar-refractivity contribution in [3.8, 4) is 11.5 Å². The third-order valence-electron chi connectivity index (χ3n) is 6.00. The Morgan fingerprint density at radius 2 is 1.78 bits per heavy atom. The minimum absolute atomic E-state index is 0.0140. The second kappa shape index (κ2) is 9.61. The van der Waals surface area contributed by atoms with Crippen molar-refractivity contribution in [3.05, 3.63) is 89.0 Å². The van der Waals surface area contributed by atoms with E-state index in [2.05, 4.69) is 4.72 Å². The number of hydrogen-bond acceptors (Lipinski definition) is 6. The highest BCUT2D eigenvalue weighted by atomic mass is 32.2. The Balaban J connectivity index is 1.68. The molecule has 0 aliphatic carbocycles. The summed E-state index contributed by atoms with van der Waals surface area (Å²) in [6, 6.07) is 11.8. The van der Waals surface area contributed by atoms with E-state index in [-0.39, 0.29) is 21.8 Å². The van der Waals surface area contributed by atoms with Gasteiger partial charge in [0.1, 0.15) is 23.3 Å². The van der Waals surface area contributed by atoms with Crippen LogP contribution < -0.4 is 14.2 Å². The summed E-state index contributed by atoms with van der Waals surface area (Å²) in [5.74, 6) is -3.05. The second-order valence-electron chi connectivity index (χ2n) is 8.96. The summed E-state index contributed by atoms with van der Waals surface area (Å²) in [5.41, 5.74) is -0.0488. The zero-order chi connectivity index (χ0) is 26.3. The molecule has 10 heteroatoms. The van der Waals surface area contributed by atoms with Crippen LogP contribution in [0, 0.1) is 11.6 Å². The van der Waals surface area contributed by atoms with E-state index in [4.69, 9.17) is 9.47 Å². The van der Waals surface area contributed by atoms with Gasteiger partial charge in [0.05, 0.1) is 16.5 Å². The molecule has 190 valence electrons. The number of aryl methyl sites for hydroxylation is 1. The van der Waals surface area contributed by atoms with Crippen LogP contribution >= 0.6 is 0 Å². The molecule has 1 aliphatic heterocycles. The highest BCUT2D eigenvalue weighted by molar-refractivity contribution is 7.89. The van der Waals surface area contributed by atoms with Gasteiger partial charge in [0, 0.05) is 11.6 Å². The van der Waals surface area contributed by atoms with Crippen LogP contribution in [-0.2, 0) is 16.4 Å². The van der Waals surface area contributed by atoms with Crippen molar-refractivity contribution in [2.75, 3.05) is 0 Å². The molecule has 4 rings (SSSR count). The van der Waals surface area contributed by atoms with E-state index in [0.717, 1.165) is 24.1 Å². The van der Waals surface area contributed by atoms with E-state index in [9.17, 15) is 27.1 Å². The largest absolute Gasteiger partial charge is 0.485 e. The Labute approximate surface area is 207 Å². The molecule has 0 spiro atoms. The number of hydrogen-bond donors (Lipinski definition) is 2. The summed E-state index contributed by atoms with van der Waals surface area (Å²) in [5, 5.41) is 11.0. The summed E-state index contributed by atoms with van der Waals surface area (Å²) >= 11 is 0. The number of esters is 1. The van der Waals surface area contributed by atoms with Crippen LogP contribution in [0.1, 0.15) is 48.3 Å². The van der Waals surface area contributed by atoms with Crippen LogP contribution in [0.15, 0.2) is 65.6 Å². The number of aliphatic hydroxyl groups is 1. The minimum atomic E-state index is -4.07. The van der Waals surface area contributed by atoms with Crippen molar-refractivity contribution >= 4 is 16.0 Å². The lowest BCUT2D eigenvalue weighted by molar-refractivity contribution is -0.0603. The summed E-state index contributed by atoms with van der Waals surface area (Å²) in [4.78, 5) is 12.7. The first-order chi connectivity index (χ1) is 16.9. The molecular weight excluding hydrogens is 492 g/mol. The van der Waals surface area contributed by atoms with Gasteiger partial charge in [0.2, 0.25) is 10.0 Å². The van der Waals surface area contributed by atoms with Crippen LogP contribution in [0.25, 0.3) is 0 Å². The molecular formula is C26H25F2NO6S. The lowest BCUT2D eigenvalue weighted by Gasteiger charge is -2.42. The van der Waals surface area contributed by atoms with Crippen molar-refractivity contribution in [1.29, 1.82) is 0 Å². The molecule has 2 N–H and O–H groups in total. The molecule has 0 amide bonds. The average molecular weight is 518 g/mol. The van der Waals surface area contributed by atoms with Crippen LogP contribution in [0.3, 0.4) is 0 Å². The SMILES string of the molecule is CCc1ccc(S(=O)(=O)N[C@@H]2c3cc(C(=O)Oc4ccc(F)cc4F)ccc3OC(C)(C)[C@H]2O)cc1. The Kier molecular flexibility index (Phi) is 6.87. The Morgan fingerprint density at radius 3 is 2.42 bits per heavy atom. The fourth-order valence-corrected chi connectivity index (χ4v) is 5.13. The number of sulfonamides is 1. The summed E-state index contributed by atoms with van der Waals surface area (Å²) in [6.45, 7) is 5.17. The number of halogens is 2. The molecule has 1 heterocycles. The number of ether oxygens (including phenoxy) is 2. The third kappa shape index (κ3) is 5.11.